The molecular weight excluding hydrogens is 360 g/mol. The summed E-state index contributed by atoms with van der Waals surface area (Å²) < 4.78 is 5.79. The molecule has 0 saturated carbocycles. The molecule has 1 N–H and O–H groups in total. The van der Waals surface area contributed by atoms with E-state index in [1.165, 1.54) is 11.1 Å². The number of fused-ring (bicyclic) bond motifs is 3. The number of amides is 1. The van der Waals surface area contributed by atoms with E-state index >= 15 is 0 Å². The van der Waals surface area contributed by atoms with Gasteiger partial charge < -0.3 is 9.73 Å². The van der Waals surface area contributed by atoms with Gasteiger partial charge in [0.1, 0.15) is 5.58 Å². The van der Waals surface area contributed by atoms with Crippen LogP contribution in [-0.4, -0.2) is 10.9 Å². The average Bonchev–Trinajstić information content (AvgIpc) is 3.21. The molecule has 2 aromatic heterocycles. The molecule has 29 heavy (non-hydrogen) atoms. The van der Waals surface area contributed by atoms with Crippen LogP contribution in [0.1, 0.15) is 21.7 Å². The Morgan fingerprint density at radius 1 is 0.828 bits per heavy atom. The zero-order valence-electron chi connectivity index (χ0n) is 15.6. The Hall–Kier alpha value is -3.92. The first-order chi connectivity index (χ1) is 14.3. The summed E-state index contributed by atoms with van der Waals surface area (Å²) >= 11 is 0. The van der Waals surface area contributed by atoms with Gasteiger partial charge in [-0.2, -0.15) is 0 Å². The fraction of sp³-hybridized carbons (Fsp3) is 0.0400. The third kappa shape index (κ3) is 3.48. The second kappa shape index (κ2) is 7.24. The number of carbonyl (C=O) groups excluding carboxylic acids is 1. The molecule has 2 heterocycles. The van der Waals surface area contributed by atoms with Crippen molar-refractivity contribution in [3.8, 4) is 0 Å². The topological polar surface area (TPSA) is 55.1 Å². The van der Waals surface area contributed by atoms with Gasteiger partial charge in [0.2, 0.25) is 0 Å². The number of benzene rings is 3. The number of rotatable bonds is 4. The fourth-order valence-electron chi connectivity index (χ4n) is 3.54. The highest BCUT2D eigenvalue weighted by Gasteiger charge is 2.14. The maximum atomic E-state index is 12.7. The number of anilines is 1. The van der Waals surface area contributed by atoms with Gasteiger partial charge >= 0.3 is 0 Å². The van der Waals surface area contributed by atoms with Crippen LogP contribution in [0.15, 0.2) is 95.7 Å². The minimum Gasteiger partial charge on any atom is -0.451 e. The fourth-order valence-corrected chi connectivity index (χ4v) is 3.54. The van der Waals surface area contributed by atoms with Crippen molar-refractivity contribution in [3.05, 3.63) is 108 Å². The smallest absolute Gasteiger partial charge is 0.291 e. The van der Waals surface area contributed by atoms with E-state index in [-0.39, 0.29) is 5.91 Å². The first kappa shape index (κ1) is 17.2. The highest BCUT2D eigenvalue weighted by Crippen LogP contribution is 2.28. The van der Waals surface area contributed by atoms with E-state index < -0.39 is 0 Å². The molecular formula is C25H18N2O2. The first-order valence-corrected chi connectivity index (χ1v) is 9.47. The molecule has 1 amide bonds. The van der Waals surface area contributed by atoms with Gasteiger partial charge in [0.25, 0.3) is 5.91 Å². The van der Waals surface area contributed by atoms with Crippen LogP contribution in [0.25, 0.3) is 21.7 Å². The van der Waals surface area contributed by atoms with Crippen molar-refractivity contribution in [2.45, 2.75) is 6.42 Å². The molecule has 0 aliphatic rings. The van der Waals surface area contributed by atoms with Gasteiger partial charge in [0.15, 0.2) is 5.76 Å². The van der Waals surface area contributed by atoms with Gasteiger partial charge in [-0.25, -0.2) is 0 Å². The highest BCUT2D eigenvalue weighted by atomic mass is 16.3. The monoisotopic (exact) mass is 378 g/mol. The minimum atomic E-state index is -0.257. The molecule has 0 aliphatic carbocycles. The van der Waals surface area contributed by atoms with Crippen LogP contribution in [0, 0.1) is 0 Å². The number of nitrogens with one attached hydrogen (secondary N) is 1. The second-order valence-corrected chi connectivity index (χ2v) is 6.99. The number of hydrogen-bond acceptors (Lipinski definition) is 3. The molecule has 4 nitrogen and oxygen atoms in total. The molecule has 5 rings (SSSR count). The van der Waals surface area contributed by atoms with Crippen molar-refractivity contribution in [1.82, 2.24) is 4.98 Å². The van der Waals surface area contributed by atoms with E-state index in [0.717, 1.165) is 28.3 Å². The summed E-state index contributed by atoms with van der Waals surface area (Å²) in [6.45, 7) is 0. The lowest BCUT2D eigenvalue weighted by molar-refractivity contribution is 0.0998. The van der Waals surface area contributed by atoms with Crippen molar-refractivity contribution >= 4 is 33.3 Å². The number of aromatic nitrogens is 1. The van der Waals surface area contributed by atoms with Crippen LogP contribution in [0.4, 0.5) is 5.69 Å². The van der Waals surface area contributed by atoms with Crippen molar-refractivity contribution in [3.63, 3.8) is 0 Å². The summed E-state index contributed by atoms with van der Waals surface area (Å²) in [6, 6.07) is 25.6. The molecule has 0 fully saturated rings. The standard InChI is InChI=1S/C25H18N2O2/c28-25(24-16-22-21-4-2-1-3-19(21)7-10-23(22)29-24)27-20-8-5-17(6-9-20)15-18-11-13-26-14-12-18/h1-14,16H,15H2,(H,27,28). The van der Waals surface area contributed by atoms with Crippen LogP contribution in [0.5, 0.6) is 0 Å². The summed E-state index contributed by atoms with van der Waals surface area (Å²) in [5.41, 5.74) is 3.82. The second-order valence-electron chi connectivity index (χ2n) is 6.99. The predicted molar refractivity (Wildman–Crippen MR) is 115 cm³/mol. The molecule has 0 spiro atoms. The maximum Gasteiger partial charge on any atom is 0.291 e. The third-order valence-corrected chi connectivity index (χ3v) is 5.02. The van der Waals surface area contributed by atoms with Gasteiger partial charge in [0.05, 0.1) is 0 Å². The Morgan fingerprint density at radius 2 is 1.59 bits per heavy atom. The Bertz CT molecular complexity index is 1310. The van der Waals surface area contributed by atoms with Crippen LogP contribution in [0.3, 0.4) is 0 Å². The first-order valence-electron chi connectivity index (χ1n) is 9.47. The number of carbonyl (C=O) groups is 1. The molecule has 0 saturated heterocycles. The molecule has 0 bridgehead atoms. The average molecular weight is 378 g/mol. The summed E-state index contributed by atoms with van der Waals surface area (Å²) in [7, 11) is 0. The van der Waals surface area contributed by atoms with Crippen LogP contribution < -0.4 is 5.32 Å². The van der Waals surface area contributed by atoms with E-state index in [0.29, 0.717) is 11.3 Å². The van der Waals surface area contributed by atoms with Crippen LogP contribution in [-0.2, 0) is 6.42 Å². The van der Waals surface area contributed by atoms with E-state index in [4.69, 9.17) is 4.42 Å². The summed E-state index contributed by atoms with van der Waals surface area (Å²) in [5.74, 6) is 0.0457. The molecule has 0 radical (unpaired) electrons. The van der Waals surface area contributed by atoms with Gasteiger partial charge in [-0.1, -0.05) is 42.5 Å². The summed E-state index contributed by atoms with van der Waals surface area (Å²) in [5, 5.41) is 6.06. The van der Waals surface area contributed by atoms with E-state index in [1.807, 2.05) is 72.8 Å². The molecule has 3 aromatic carbocycles. The van der Waals surface area contributed by atoms with Crippen molar-refractivity contribution in [2.75, 3.05) is 5.32 Å². The number of nitrogens with zero attached hydrogens (tertiary/aromatic N) is 1. The predicted octanol–water partition coefficient (Wildman–Crippen LogP) is 5.82. The zero-order chi connectivity index (χ0) is 19.6. The zero-order valence-corrected chi connectivity index (χ0v) is 15.6. The lowest BCUT2D eigenvalue weighted by Gasteiger charge is -2.05. The molecule has 140 valence electrons. The summed E-state index contributed by atoms with van der Waals surface area (Å²) in [6.07, 6.45) is 4.41. The highest BCUT2D eigenvalue weighted by molar-refractivity contribution is 6.10. The van der Waals surface area contributed by atoms with Gasteiger partial charge in [-0.3, -0.25) is 9.78 Å². The molecule has 4 heteroatoms. The lowest BCUT2D eigenvalue weighted by atomic mass is 10.1. The Balaban J connectivity index is 1.35. The minimum absolute atomic E-state index is 0.257. The molecule has 5 aromatic rings. The number of furan rings is 1. The Morgan fingerprint density at radius 3 is 2.41 bits per heavy atom. The van der Waals surface area contributed by atoms with Gasteiger partial charge in [-0.15, -0.1) is 0 Å². The van der Waals surface area contributed by atoms with E-state index in [9.17, 15) is 4.79 Å². The van der Waals surface area contributed by atoms with Crippen molar-refractivity contribution in [1.29, 1.82) is 0 Å². The quantitative estimate of drug-likeness (QED) is 0.428. The molecule has 0 aliphatic heterocycles. The lowest BCUT2D eigenvalue weighted by Crippen LogP contribution is -2.10. The van der Waals surface area contributed by atoms with Crippen molar-refractivity contribution in [2.24, 2.45) is 0 Å². The molecule has 0 unspecified atom stereocenters. The molecule has 0 atom stereocenters. The van der Waals surface area contributed by atoms with Crippen LogP contribution in [0.2, 0.25) is 0 Å². The van der Waals surface area contributed by atoms with E-state index in [1.54, 1.807) is 12.4 Å². The number of hydrogen-bond donors (Lipinski definition) is 1. The van der Waals surface area contributed by atoms with Crippen molar-refractivity contribution < 1.29 is 9.21 Å². The SMILES string of the molecule is O=C(Nc1ccc(Cc2ccncc2)cc1)c1cc2c(ccc3ccccc32)o1. The largest absolute Gasteiger partial charge is 0.451 e. The maximum absolute atomic E-state index is 12.7. The Labute approximate surface area is 167 Å². The van der Waals surface area contributed by atoms with Crippen LogP contribution >= 0.6 is 0 Å². The number of pyridine rings is 1. The Kier molecular flexibility index (Phi) is 4.30. The van der Waals surface area contributed by atoms with Gasteiger partial charge in [0, 0.05) is 23.5 Å². The van der Waals surface area contributed by atoms with E-state index in [2.05, 4.69) is 16.4 Å². The van der Waals surface area contributed by atoms with Gasteiger partial charge in [-0.05, 0) is 64.7 Å². The summed E-state index contributed by atoms with van der Waals surface area (Å²) in [4.78, 5) is 16.7. The normalized spacial score (nSPS) is 11.0. The third-order valence-electron chi connectivity index (χ3n) is 5.02.